The van der Waals surface area contributed by atoms with E-state index >= 15 is 0 Å². The van der Waals surface area contributed by atoms with Gasteiger partial charge in [-0.25, -0.2) is 14.4 Å². The van der Waals surface area contributed by atoms with E-state index in [-0.39, 0.29) is 17.7 Å². The van der Waals surface area contributed by atoms with Crippen LogP contribution < -0.4 is 5.73 Å². The molecule has 1 amide bonds. The number of nitrogens with two attached hydrogens (primary N) is 1. The molecule has 0 radical (unpaired) electrons. The molecule has 0 unspecified atom stereocenters. The van der Waals surface area contributed by atoms with E-state index in [1.54, 1.807) is 0 Å². The molecule has 0 aromatic carbocycles. The van der Waals surface area contributed by atoms with Gasteiger partial charge in [-0.05, 0) is 35.2 Å². The molecule has 7 nitrogen and oxygen atoms in total. The SMILES string of the molecule is CO[C@H]1N=C(N)c2c(Br)nc([C@@H]3CC[C@H]4CCC(=O)N4C3)n2[C@@H]1F. The number of methoxy groups -OCH3 is 1. The summed E-state index contributed by atoms with van der Waals surface area (Å²) < 4.78 is 22.0. The van der Waals surface area contributed by atoms with E-state index in [4.69, 9.17) is 10.5 Å². The summed E-state index contributed by atoms with van der Waals surface area (Å²) in [4.78, 5) is 22.5. The van der Waals surface area contributed by atoms with Gasteiger partial charge in [0.25, 0.3) is 0 Å². The molecule has 0 bridgehead atoms. The molecule has 0 spiro atoms. The number of alkyl halides is 1. The molecule has 3 aliphatic heterocycles. The zero-order chi connectivity index (χ0) is 17.0. The van der Waals surface area contributed by atoms with E-state index in [1.165, 1.54) is 11.7 Å². The molecule has 130 valence electrons. The third-order valence-electron chi connectivity index (χ3n) is 5.21. The second-order valence-electron chi connectivity index (χ2n) is 6.51. The number of hydrogen-bond donors (Lipinski definition) is 1. The Kier molecular flexibility index (Phi) is 3.87. The second-order valence-corrected chi connectivity index (χ2v) is 7.26. The van der Waals surface area contributed by atoms with Gasteiger partial charge in [-0.1, -0.05) is 0 Å². The van der Waals surface area contributed by atoms with Crippen molar-refractivity contribution in [1.82, 2.24) is 14.5 Å². The van der Waals surface area contributed by atoms with Crippen molar-refractivity contribution in [3.05, 3.63) is 16.1 Å². The number of hydrogen-bond acceptors (Lipinski definition) is 5. The molecular formula is C15H19BrFN5O2. The van der Waals surface area contributed by atoms with Gasteiger partial charge in [0.1, 0.15) is 22.0 Å². The quantitative estimate of drug-likeness (QED) is 0.819. The minimum Gasteiger partial charge on any atom is -0.382 e. The van der Waals surface area contributed by atoms with Crippen LogP contribution in [-0.2, 0) is 9.53 Å². The molecule has 3 aliphatic rings. The smallest absolute Gasteiger partial charge is 0.224 e. The van der Waals surface area contributed by atoms with Gasteiger partial charge in [-0.15, -0.1) is 0 Å². The number of carbonyl (C=O) groups excluding carboxylic acids is 1. The third kappa shape index (κ3) is 2.28. The summed E-state index contributed by atoms with van der Waals surface area (Å²) in [6.45, 7) is 0.577. The third-order valence-corrected chi connectivity index (χ3v) is 5.76. The Morgan fingerprint density at radius 1 is 1.38 bits per heavy atom. The van der Waals surface area contributed by atoms with Crippen LogP contribution >= 0.6 is 15.9 Å². The summed E-state index contributed by atoms with van der Waals surface area (Å²) in [6.07, 6.45) is 0.854. The highest BCUT2D eigenvalue weighted by molar-refractivity contribution is 9.10. The Balaban J connectivity index is 1.72. The summed E-state index contributed by atoms with van der Waals surface area (Å²) in [5.74, 6) is 0.964. The van der Waals surface area contributed by atoms with Crippen LogP contribution in [0.5, 0.6) is 0 Å². The summed E-state index contributed by atoms with van der Waals surface area (Å²) in [7, 11) is 1.40. The first-order chi connectivity index (χ1) is 11.5. The highest BCUT2D eigenvalue weighted by Crippen LogP contribution is 2.39. The molecule has 0 aliphatic carbocycles. The lowest BCUT2D eigenvalue weighted by Crippen LogP contribution is -2.42. The molecule has 2 saturated heterocycles. The molecule has 1 aromatic heterocycles. The zero-order valence-electron chi connectivity index (χ0n) is 13.3. The Bertz CT molecular complexity index is 721. The standard InChI is InChI=1S/C15H19BrFN5O2/c1-24-15-12(17)22-10(13(18)20-15)11(16)19-14(22)7-2-3-8-4-5-9(23)21(8)6-7/h7-8,12,15H,2-6H2,1H3,(H2,18,20)/t7-,8+,12+,15-/m1/s1. The van der Waals surface area contributed by atoms with Crippen molar-refractivity contribution < 1.29 is 13.9 Å². The number of piperidine rings is 1. The molecule has 9 heteroatoms. The number of ether oxygens (including phenoxy) is 1. The molecule has 4 heterocycles. The molecule has 24 heavy (non-hydrogen) atoms. The number of nitrogens with zero attached hydrogens (tertiary/aromatic N) is 4. The zero-order valence-corrected chi connectivity index (χ0v) is 14.9. The minimum absolute atomic E-state index is 0.0185. The largest absolute Gasteiger partial charge is 0.382 e. The number of carbonyl (C=O) groups is 1. The van der Waals surface area contributed by atoms with Gasteiger partial charge >= 0.3 is 0 Å². The van der Waals surface area contributed by atoms with E-state index in [9.17, 15) is 9.18 Å². The maximum Gasteiger partial charge on any atom is 0.224 e. The van der Waals surface area contributed by atoms with Crippen LogP contribution in [-0.4, -0.2) is 52.1 Å². The monoisotopic (exact) mass is 399 g/mol. The van der Waals surface area contributed by atoms with Gasteiger partial charge in [0.15, 0.2) is 0 Å². The number of halogens is 2. The van der Waals surface area contributed by atoms with Crippen LogP contribution in [0, 0.1) is 0 Å². The van der Waals surface area contributed by atoms with Gasteiger partial charge in [0, 0.05) is 32.0 Å². The summed E-state index contributed by atoms with van der Waals surface area (Å²) in [5, 5.41) is 0. The van der Waals surface area contributed by atoms with Crippen molar-refractivity contribution in [3.63, 3.8) is 0 Å². The van der Waals surface area contributed by atoms with Gasteiger partial charge in [0.05, 0.1) is 0 Å². The molecule has 4 atom stereocenters. The van der Waals surface area contributed by atoms with Gasteiger partial charge in [-0.2, -0.15) is 0 Å². The van der Waals surface area contributed by atoms with Crippen LogP contribution in [0.15, 0.2) is 9.60 Å². The summed E-state index contributed by atoms with van der Waals surface area (Å²) in [5.41, 5.74) is 6.42. The van der Waals surface area contributed by atoms with Crippen LogP contribution in [0.25, 0.3) is 0 Å². The van der Waals surface area contributed by atoms with Crippen molar-refractivity contribution in [3.8, 4) is 0 Å². The Hall–Kier alpha value is -1.48. The number of fused-ring (bicyclic) bond motifs is 2. The van der Waals surface area contributed by atoms with Crippen molar-refractivity contribution in [1.29, 1.82) is 0 Å². The van der Waals surface area contributed by atoms with E-state index in [1.807, 2.05) is 4.90 Å². The average Bonchev–Trinajstić information content (AvgIpc) is 3.12. The van der Waals surface area contributed by atoms with Gasteiger partial charge in [-0.3, -0.25) is 9.36 Å². The number of rotatable bonds is 2. The number of aromatic nitrogens is 2. The minimum atomic E-state index is -1.49. The first-order valence-corrected chi connectivity index (χ1v) is 8.88. The molecular weight excluding hydrogens is 381 g/mol. The fraction of sp³-hybridized carbons (Fsp3) is 0.667. The van der Waals surface area contributed by atoms with Crippen molar-refractivity contribution >= 4 is 27.7 Å². The fourth-order valence-electron chi connectivity index (χ4n) is 4.02. The van der Waals surface area contributed by atoms with Crippen molar-refractivity contribution in [2.24, 2.45) is 10.7 Å². The van der Waals surface area contributed by atoms with Crippen molar-refractivity contribution in [2.75, 3.05) is 13.7 Å². The maximum absolute atomic E-state index is 14.9. The van der Waals surface area contributed by atoms with E-state index < -0.39 is 12.5 Å². The van der Waals surface area contributed by atoms with E-state index in [0.717, 1.165) is 19.3 Å². The molecule has 2 N–H and O–H groups in total. The number of aliphatic imine (C=N–C) groups is 1. The molecule has 1 aromatic rings. The highest BCUT2D eigenvalue weighted by Gasteiger charge is 2.41. The number of amides is 1. The molecule has 4 rings (SSSR count). The van der Waals surface area contributed by atoms with Crippen molar-refractivity contribution in [2.45, 2.75) is 50.2 Å². The first kappa shape index (κ1) is 16.0. The highest BCUT2D eigenvalue weighted by atomic mass is 79.9. The number of amidine groups is 1. The predicted molar refractivity (Wildman–Crippen MR) is 88.3 cm³/mol. The van der Waals surface area contributed by atoms with Crippen LogP contribution in [0.1, 0.15) is 49.4 Å². The Morgan fingerprint density at radius 3 is 2.92 bits per heavy atom. The predicted octanol–water partition coefficient (Wildman–Crippen LogP) is 1.67. The second kappa shape index (κ2) is 5.80. The van der Waals surface area contributed by atoms with E-state index in [0.29, 0.717) is 35.1 Å². The van der Waals surface area contributed by atoms with Crippen LogP contribution in [0.4, 0.5) is 4.39 Å². The summed E-state index contributed by atoms with van der Waals surface area (Å²) in [6, 6.07) is 0.326. The Labute approximate surface area is 147 Å². The fourth-order valence-corrected chi connectivity index (χ4v) is 4.59. The number of imidazole rings is 1. The molecule has 0 saturated carbocycles. The van der Waals surface area contributed by atoms with Gasteiger partial charge in [0.2, 0.25) is 18.4 Å². The lowest BCUT2D eigenvalue weighted by Gasteiger charge is -2.36. The van der Waals surface area contributed by atoms with Crippen LogP contribution in [0.2, 0.25) is 0 Å². The van der Waals surface area contributed by atoms with E-state index in [2.05, 4.69) is 25.9 Å². The summed E-state index contributed by atoms with van der Waals surface area (Å²) >= 11 is 3.37. The first-order valence-electron chi connectivity index (χ1n) is 8.08. The van der Waals surface area contributed by atoms with Crippen LogP contribution in [0.3, 0.4) is 0 Å². The normalized spacial score (nSPS) is 32.5. The maximum atomic E-state index is 14.9. The average molecular weight is 400 g/mol. The lowest BCUT2D eigenvalue weighted by atomic mass is 9.92. The Morgan fingerprint density at radius 2 is 2.17 bits per heavy atom. The van der Waals surface area contributed by atoms with Gasteiger partial charge < -0.3 is 15.4 Å². The molecule has 2 fully saturated rings. The topological polar surface area (TPSA) is 85.7 Å². The lowest BCUT2D eigenvalue weighted by molar-refractivity contribution is -0.130.